The Morgan fingerprint density at radius 2 is 1.84 bits per heavy atom. The summed E-state index contributed by atoms with van der Waals surface area (Å²) in [7, 11) is 0. The molecule has 0 spiro atoms. The van der Waals surface area contributed by atoms with Crippen LogP contribution < -0.4 is 20.3 Å². The smallest absolute Gasteiger partial charge is 0.279 e. The van der Waals surface area contributed by atoms with Crippen LogP contribution >= 0.6 is 15.9 Å². The van der Waals surface area contributed by atoms with Gasteiger partial charge >= 0.3 is 0 Å². The lowest BCUT2D eigenvalue weighted by Crippen LogP contribution is -2.48. The Morgan fingerprint density at radius 3 is 2.56 bits per heavy atom. The van der Waals surface area contributed by atoms with Crippen molar-refractivity contribution in [2.24, 2.45) is 0 Å². The zero-order chi connectivity index (χ0) is 18.2. The molecule has 25 heavy (non-hydrogen) atoms. The third-order valence-corrected chi connectivity index (χ3v) is 3.46. The van der Waals surface area contributed by atoms with Crippen LogP contribution in [0.5, 0.6) is 11.5 Å². The van der Waals surface area contributed by atoms with E-state index < -0.39 is 23.7 Å². The molecule has 2 aromatic carbocycles. The number of hydrogen-bond acceptors (Lipinski definition) is 4. The quantitative estimate of drug-likeness (QED) is 0.717. The zero-order valence-corrected chi connectivity index (χ0v) is 14.9. The van der Waals surface area contributed by atoms with E-state index in [1.807, 2.05) is 6.07 Å². The molecule has 2 amide bonds. The van der Waals surface area contributed by atoms with Gasteiger partial charge < -0.3 is 9.47 Å². The van der Waals surface area contributed by atoms with Crippen LogP contribution in [0.4, 0.5) is 4.39 Å². The minimum Gasteiger partial charge on any atom is -0.484 e. The first-order valence-corrected chi connectivity index (χ1v) is 8.12. The van der Waals surface area contributed by atoms with E-state index in [2.05, 4.69) is 26.8 Å². The molecule has 0 heterocycles. The Labute approximate surface area is 152 Å². The second-order valence-corrected chi connectivity index (χ2v) is 5.92. The van der Waals surface area contributed by atoms with E-state index >= 15 is 0 Å². The SMILES string of the molecule is CC(Oc1cccc(Br)c1)C(=O)NNC(=O)COc1cccc(F)c1. The topological polar surface area (TPSA) is 76.7 Å². The van der Waals surface area contributed by atoms with E-state index in [1.165, 1.54) is 18.2 Å². The van der Waals surface area contributed by atoms with Gasteiger partial charge in [0.05, 0.1) is 0 Å². The van der Waals surface area contributed by atoms with Gasteiger partial charge in [-0.25, -0.2) is 4.39 Å². The highest BCUT2D eigenvalue weighted by Crippen LogP contribution is 2.18. The summed E-state index contributed by atoms with van der Waals surface area (Å²) in [6.45, 7) is 1.18. The molecule has 1 unspecified atom stereocenters. The van der Waals surface area contributed by atoms with Crippen LogP contribution in [0.25, 0.3) is 0 Å². The van der Waals surface area contributed by atoms with Gasteiger partial charge in [-0.3, -0.25) is 20.4 Å². The molecule has 0 aromatic heterocycles. The van der Waals surface area contributed by atoms with E-state index in [4.69, 9.17) is 9.47 Å². The van der Waals surface area contributed by atoms with Crippen LogP contribution in [-0.4, -0.2) is 24.5 Å². The van der Waals surface area contributed by atoms with Crippen LogP contribution in [0.15, 0.2) is 53.0 Å². The van der Waals surface area contributed by atoms with E-state index in [1.54, 1.807) is 25.1 Å². The van der Waals surface area contributed by atoms with Gasteiger partial charge in [-0.1, -0.05) is 28.1 Å². The number of halogens is 2. The van der Waals surface area contributed by atoms with Crippen LogP contribution in [0.2, 0.25) is 0 Å². The minimum absolute atomic E-state index is 0.216. The summed E-state index contributed by atoms with van der Waals surface area (Å²) in [6, 6.07) is 12.4. The maximum absolute atomic E-state index is 13.0. The fourth-order valence-electron chi connectivity index (χ4n) is 1.77. The normalized spacial score (nSPS) is 11.3. The van der Waals surface area contributed by atoms with Crippen molar-refractivity contribution in [3.05, 3.63) is 58.8 Å². The molecule has 1 atom stereocenters. The summed E-state index contributed by atoms with van der Waals surface area (Å²) in [4.78, 5) is 23.5. The molecule has 0 fully saturated rings. The van der Waals surface area contributed by atoms with Crippen molar-refractivity contribution in [2.45, 2.75) is 13.0 Å². The Hall–Kier alpha value is -2.61. The fourth-order valence-corrected chi connectivity index (χ4v) is 2.15. The summed E-state index contributed by atoms with van der Waals surface area (Å²) in [5, 5.41) is 0. The maximum atomic E-state index is 13.0. The molecule has 0 radical (unpaired) electrons. The van der Waals surface area contributed by atoms with Gasteiger partial charge in [0.1, 0.15) is 17.3 Å². The fraction of sp³-hybridized carbons (Fsp3) is 0.176. The van der Waals surface area contributed by atoms with Gasteiger partial charge in [0.15, 0.2) is 12.7 Å². The van der Waals surface area contributed by atoms with E-state index in [9.17, 15) is 14.0 Å². The molecule has 0 saturated heterocycles. The number of hydrazine groups is 1. The molecule has 0 aliphatic rings. The molecule has 0 bridgehead atoms. The highest BCUT2D eigenvalue weighted by Gasteiger charge is 2.15. The molecule has 0 aliphatic heterocycles. The number of amides is 2. The molecule has 6 nitrogen and oxygen atoms in total. The summed E-state index contributed by atoms with van der Waals surface area (Å²) in [6.07, 6.45) is -0.821. The van der Waals surface area contributed by atoms with Gasteiger partial charge in [0, 0.05) is 10.5 Å². The number of benzene rings is 2. The highest BCUT2D eigenvalue weighted by atomic mass is 79.9. The number of carbonyl (C=O) groups is 2. The van der Waals surface area contributed by atoms with Gasteiger partial charge in [-0.2, -0.15) is 0 Å². The number of rotatable bonds is 6. The average molecular weight is 411 g/mol. The molecular formula is C17H16BrFN2O4. The van der Waals surface area contributed by atoms with E-state index in [-0.39, 0.29) is 12.4 Å². The Bertz CT molecular complexity index is 757. The molecule has 2 rings (SSSR count). The lowest BCUT2D eigenvalue weighted by Gasteiger charge is -2.15. The first-order valence-electron chi connectivity index (χ1n) is 7.33. The zero-order valence-electron chi connectivity index (χ0n) is 13.3. The monoisotopic (exact) mass is 410 g/mol. The molecule has 132 valence electrons. The molecule has 2 N–H and O–H groups in total. The van der Waals surface area contributed by atoms with Crippen molar-refractivity contribution >= 4 is 27.7 Å². The average Bonchev–Trinajstić information content (AvgIpc) is 2.58. The second kappa shape index (κ2) is 9.03. The summed E-state index contributed by atoms with van der Waals surface area (Å²) < 4.78 is 24.4. The van der Waals surface area contributed by atoms with E-state index in [0.717, 1.165) is 10.5 Å². The van der Waals surface area contributed by atoms with Crippen molar-refractivity contribution in [3.63, 3.8) is 0 Å². The minimum atomic E-state index is -0.821. The molecule has 2 aromatic rings. The number of hydrogen-bond donors (Lipinski definition) is 2. The summed E-state index contributed by atoms with van der Waals surface area (Å²) in [5.41, 5.74) is 4.43. The molecule has 8 heteroatoms. The van der Waals surface area contributed by atoms with Crippen molar-refractivity contribution in [1.29, 1.82) is 0 Å². The van der Waals surface area contributed by atoms with Crippen LogP contribution in [0.1, 0.15) is 6.92 Å². The van der Waals surface area contributed by atoms with Crippen LogP contribution in [0.3, 0.4) is 0 Å². The Kier molecular flexibility index (Phi) is 6.76. The van der Waals surface area contributed by atoms with E-state index in [0.29, 0.717) is 5.75 Å². The summed E-state index contributed by atoms with van der Waals surface area (Å²) >= 11 is 3.30. The largest absolute Gasteiger partial charge is 0.484 e. The number of nitrogens with one attached hydrogen (secondary N) is 2. The van der Waals surface area contributed by atoms with Crippen LogP contribution in [0, 0.1) is 5.82 Å². The Balaban J connectivity index is 1.74. The van der Waals surface area contributed by atoms with Crippen molar-refractivity contribution in [1.82, 2.24) is 10.9 Å². The van der Waals surface area contributed by atoms with Crippen LogP contribution in [-0.2, 0) is 9.59 Å². The number of ether oxygens (including phenoxy) is 2. The second-order valence-electron chi connectivity index (χ2n) is 5.00. The third kappa shape index (κ3) is 6.42. The van der Waals surface area contributed by atoms with Crippen molar-refractivity contribution < 1.29 is 23.5 Å². The lowest BCUT2D eigenvalue weighted by molar-refractivity contribution is -0.133. The first kappa shape index (κ1) is 18.7. The molecular weight excluding hydrogens is 395 g/mol. The Morgan fingerprint density at radius 1 is 1.12 bits per heavy atom. The van der Waals surface area contributed by atoms with Gasteiger partial charge in [0.2, 0.25) is 0 Å². The maximum Gasteiger partial charge on any atom is 0.279 e. The van der Waals surface area contributed by atoms with Gasteiger partial charge in [0.25, 0.3) is 11.8 Å². The van der Waals surface area contributed by atoms with Crippen molar-refractivity contribution in [2.75, 3.05) is 6.61 Å². The van der Waals surface area contributed by atoms with Gasteiger partial charge in [-0.05, 0) is 37.3 Å². The van der Waals surface area contributed by atoms with Gasteiger partial charge in [-0.15, -0.1) is 0 Å². The first-order chi connectivity index (χ1) is 11.9. The molecule has 0 aliphatic carbocycles. The number of carbonyl (C=O) groups excluding carboxylic acids is 2. The predicted molar refractivity (Wildman–Crippen MR) is 92.4 cm³/mol. The standard InChI is InChI=1S/C17H16BrFN2O4/c1-11(25-15-7-2-4-12(18)8-15)17(23)21-20-16(22)10-24-14-6-3-5-13(19)9-14/h2-9,11H,10H2,1H3,(H,20,22)(H,21,23). The predicted octanol–water partition coefficient (Wildman–Crippen LogP) is 2.58. The lowest BCUT2D eigenvalue weighted by atomic mass is 10.3. The van der Waals surface area contributed by atoms with Crippen molar-refractivity contribution in [3.8, 4) is 11.5 Å². The highest BCUT2D eigenvalue weighted by molar-refractivity contribution is 9.10. The molecule has 0 saturated carbocycles. The third-order valence-electron chi connectivity index (χ3n) is 2.97. The summed E-state index contributed by atoms with van der Waals surface area (Å²) in [5.74, 6) is -0.860.